The number of likely N-dealkylation sites (tertiary alicyclic amines) is 1. The molecule has 1 saturated carbocycles. The highest BCUT2D eigenvalue weighted by molar-refractivity contribution is 5.93. The number of fused-ring (bicyclic) bond motifs is 2. The van der Waals surface area contributed by atoms with E-state index in [4.69, 9.17) is 9.15 Å². The smallest absolute Gasteiger partial charge is 0.287 e. The van der Waals surface area contributed by atoms with Gasteiger partial charge in [-0.15, -0.1) is 0 Å². The molecule has 0 bridgehead atoms. The quantitative estimate of drug-likeness (QED) is 0.804. The summed E-state index contributed by atoms with van der Waals surface area (Å²) in [5, 5.41) is 3.05. The molecular formula is C21H26N4O4. The average Bonchev–Trinajstić information content (AvgIpc) is 3.06. The minimum absolute atomic E-state index is 0.0386. The molecule has 8 nitrogen and oxygen atoms in total. The number of ether oxygens (including phenoxy) is 1. The zero-order valence-electron chi connectivity index (χ0n) is 16.8. The highest BCUT2D eigenvalue weighted by Crippen LogP contribution is 2.44. The monoisotopic (exact) mass is 398 g/mol. The van der Waals surface area contributed by atoms with Gasteiger partial charge in [-0.1, -0.05) is 0 Å². The lowest BCUT2D eigenvalue weighted by molar-refractivity contribution is -0.153. The number of nitrogens with zero attached hydrogens (tertiary/aromatic N) is 3. The van der Waals surface area contributed by atoms with E-state index >= 15 is 0 Å². The number of carbonyl (C=O) groups is 2. The third kappa shape index (κ3) is 3.15. The molecular weight excluding hydrogens is 372 g/mol. The molecule has 29 heavy (non-hydrogen) atoms. The van der Waals surface area contributed by atoms with Gasteiger partial charge >= 0.3 is 0 Å². The van der Waals surface area contributed by atoms with Gasteiger partial charge in [0.05, 0.1) is 24.5 Å². The Morgan fingerprint density at radius 2 is 2.21 bits per heavy atom. The van der Waals surface area contributed by atoms with E-state index in [1.807, 2.05) is 24.9 Å². The molecule has 2 aromatic heterocycles. The minimum Gasteiger partial charge on any atom is -0.459 e. The largest absolute Gasteiger partial charge is 0.459 e. The van der Waals surface area contributed by atoms with Gasteiger partial charge in [-0.3, -0.25) is 9.59 Å². The molecule has 2 unspecified atom stereocenters. The third-order valence-electron chi connectivity index (χ3n) is 6.36. The van der Waals surface area contributed by atoms with Gasteiger partial charge in [0.15, 0.2) is 5.76 Å². The van der Waals surface area contributed by atoms with Crippen LogP contribution >= 0.6 is 0 Å². The molecule has 1 aliphatic carbocycles. The number of aryl methyl sites for hydroxylation is 1. The Balaban J connectivity index is 1.24. The molecule has 2 atom stereocenters. The van der Waals surface area contributed by atoms with E-state index in [0.29, 0.717) is 37.8 Å². The summed E-state index contributed by atoms with van der Waals surface area (Å²) in [6.07, 6.45) is 7.93. The lowest BCUT2D eigenvalue weighted by Gasteiger charge is -2.49. The van der Waals surface area contributed by atoms with Crippen LogP contribution in [0.1, 0.15) is 54.2 Å². The number of aromatic nitrogens is 2. The van der Waals surface area contributed by atoms with Crippen molar-refractivity contribution >= 4 is 11.8 Å². The zero-order valence-corrected chi connectivity index (χ0v) is 16.8. The van der Waals surface area contributed by atoms with Crippen LogP contribution in [-0.4, -0.2) is 52.1 Å². The fourth-order valence-corrected chi connectivity index (χ4v) is 4.48. The first kappa shape index (κ1) is 18.4. The first-order valence-corrected chi connectivity index (χ1v) is 10.3. The van der Waals surface area contributed by atoms with E-state index in [1.165, 1.54) is 19.1 Å². The second-order valence-corrected chi connectivity index (χ2v) is 8.66. The summed E-state index contributed by atoms with van der Waals surface area (Å²) in [7, 11) is 0. The third-order valence-corrected chi connectivity index (χ3v) is 6.36. The highest BCUT2D eigenvalue weighted by atomic mass is 16.5. The predicted molar refractivity (Wildman–Crippen MR) is 103 cm³/mol. The van der Waals surface area contributed by atoms with Gasteiger partial charge in [0.2, 0.25) is 0 Å². The molecule has 1 saturated heterocycles. The topological polar surface area (TPSA) is 89.6 Å². The van der Waals surface area contributed by atoms with Crippen molar-refractivity contribution in [1.82, 2.24) is 19.8 Å². The van der Waals surface area contributed by atoms with Crippen molar-refractivity contribution in [3.8, 4) is 0 Å². The number of hydrogen-bond acceptors (Lipinski definition) is 5. The highest BCUT2D eigenvalue weighted by Gasteiger charge is 2.54. The van der Waals surface area contributed by atoms with Crippen LogP contribution in [0.25, 0.3) is 0 Å². The molecule has 1 N–H and O–H groups in total. The Hall–Kier alpha value is -2.61. The summed E-state index contributed by atoms with van der Waals surface area (Å²) in [5.74, 6) is 1.59. The number of carbonyl (C=O) groups excluding carboxylic acids is 2. The molecule has 1 spiro atoms. The summed E-state index contributed by atoms with van der Waals surface area (Å²) >= 11 is 0. The number of furan rings is 1. The van der Waals surface area contributed by atoms with Crippen molar-refractivity contribution < 1.29 is 18.7 Å². The van der Waals surface area contributed by atoms with Gasteiger partial charge < -0.3 is 23.9 Å². The minimum atomic E-state index is -0.408. The van der Waals surface area contributed by atoms with Crippen LogP contribution in [0.2, 0.25) is 0 Å². The van der Waals surface area contributed by atoms with Crippen LogP contribution in [0, 0.1) is 12.8 Å². The van der Waals surface area contributed by atoms with Crippen molar-refractivity contribution in [2.45, 2.75) is 50.8 Å². The summed E-state index contributed by atoms with van der Waals surface area (Å²) in [4.78, 5) is 31.6. The van der Waals surface area contributed by atoms with Crippen LogP contribution in [0.15, 0.2) is 29.1 Å². The second kappa shape index (κ2) is 6.73. The van der Waals surface area contributed by atoms with Crippen LogP contribution in [0.4, 0.5) is 0 Å². The number of rotatable bonds is 6. The van der Waals surface area contributed by atoms with E-state index in [9.17, 15) is 9.59 Å². The Bertz CT molecular complexity index is 938. The van der Waals surface area contributed by atoms with E-state index in [2.05, 4.69) is 14.9 Å². The maximum atomic E-state index is 12.7. The number of hydrogen-bond donors (Lipinski definition) is 1. The van der Waals surface area contributed by atoms with Crippen molar-refractivity contribution in [3.05, 3.63) is 41.9 Å². The fraction of sp³-hybridized carbons (Fsp3) is 0.571. The van der Waals surface area contributed by atoms with Gasteiger partial charge in [0.1, 0.15) is 11.9 Å². The molecule has 154 valence electrons. The first-order chi connectivity index (χ1) is 14.0. The summed E-state index contributed by atoms with van der Waals surface area (Å²) in [6, 6.07) is 1.57. The lowest BCUT2D eigenvalue weighted by atomic mass is 9.85. The molecule has 2 fully saturated rings. The van der Waals surface area contributed by atoms with E-state index < -0.39 is 6.10 Å². The van der Waals surface area contributed by atoms with Crippen LogP contribution in [-0.2, 0) is 15.1 Å². The molecule has 5 rings (SSSR count). The Morgan fingerprint density at radius 3 is 2.90 bits per heavy atom. The maximum Gasteiger partial charge on any atom is 0.287 e. The van der Waals surface area contributed by atoms with Crippen LogP contribution < -0.4 is 5.32 Å². The molecule has 8 heteroatoms. The van der Waals surface area contributed by atoms with Gasteiger partial charge in [-0.25, -0.2) is 4.98 Å². The van der Waals surface area contributed by atoms with Crippen molar-refractivity contribution in [2.75, 3.05) is 19.7 Å². The van der Waals surface area contributed by atoms with Gasteiger partial charge in [0.25, 0.3) is 11.8 Å². The molecule has 0 aromatic carbocycles. The molecule has 3 aliphatic rings. The van der Waals surface area contributed by atoms with Crippen LogP contribution in [0.5, 0.6) is 0 Å². The molecule has 0 radical (unpaired) electrons. The van der Waals surface area contributed by atoms with E-state index in [0.717, 1.165) is 11.4 Å². The predicted octanol–water partition coefficient (Wildman–Crippen LogP) is 2.01. The second-order valence-electron chi connectivity index (χ2n) is 8.66. The molecule has 2 amide bonds. The van der Waals surface area contributed by atoms with E-state index in [-0.39, 0.29) is 23.4 Å². The standard InChI is InChI=1S/C21H26N4O4/c1-13-5-8-28-17(13)19(26)23-16-9-21(25-7-6-22-18(16)25)11-24(12-21)20(27)14(2)29-10-15-3-4-15/h5-8,14-16H,3-4,9-12H2,1-2H3,(H,23,26). The normalized spacial score (nSPS) is 23.0. The van der Waals surface area contributed by atoms with Crippen molar-refractivity contribution in [2.24, 2.45) is 5.92 Å². The van der Waals surface area contributed by atoms with E-state index in [1.54, 1.807) is 12.3 Å². The van der Waals surface area contributed by atoms with Gasteiger partial charge in [-0.2, -0.15) is 0 Å². The maximum absolute atomic E-state index is 12.7. The fourth-order valence-electron chi connectivity index (χ4n) is 4.48. The first-order valence-electron chi connectivity index (χ1n) is 10.3. The average molecular weight is 398 g/mol. The zero-order chi connectivity index (χ0) is 20.2. The van der Waals surface area contributed by atoms with Crippen molar-refractivity contribution in [1.29, 1.82) is 0 Å². The molecule has 2 aromatic rings. The number of imidazole rings is 1. The summed E-state index contributed by atoms with van der Waals surface area (Å²) in [6.45, 7) is 5.58. The number of nitrogens with one attached hydrogen (secondary N) is 1. The summed E-state index contributed by atoms with van der Waals surface area (Å²) in [5.41, 5.74) is 0.590. The molecule has 2 aliphatic heterocycles. The lowest BCUT2D eigenvalue weighted by Crippen LogP contribution is -2.64. The molecule has 4 heterocycles. The Kier molecular flexibility index (Phi) is 4.27. The number of amides is 2. The SMILES string of the molecule is Cc1ccoc1C(=O)NC1CC2(CN(C(=O)C(C)OCC3CC3)C2)n2ccnc21. The van der Waals surface area contributed by atoms with Crippen LogP contribution in [0.3, 0.4) is 0 Å². The summed E-state index contributed by atoms with van der Waals surface area (Å²) < 4.78 is 13.2. The van der Waals surface area contributed by atoms with Gasteiger partial charge in [0, 0.05) is 37.5 Å². The van der Waals surface area contributed by atoms with Crippen molar-refractivity contribution in [3.63, 3.8) is 0 Å². The Morgan fingerprint density at radius 1 is 1.41 bits per heavy atom. The Labute approximate surface area is 169 Å². The van der Waals surface area contributed by atoms with Gasteiger partial charge in [-0.05, 0) is 38.7 Å².